The summed E-state index contributed by atoms with van der Waals surface area (Å²) in [4.78, 5) is -0.240. The Labute approximate surface area is 126 Å². The van der Waals surface area contributed by atoms with Crippen LogP contribution in [0.5, 0.6) is 0 Å². The van der Waals surface area contributed by atoms with Crippen LogP contribution in [0.1, 0.15) is 30.0 Å². The Bertz CT molecular complexity index is 748. The van der Waals surface area contributed by atoms with Crippen molar-refractivity contribution in [3.63, 3.8) is 0 Å². The highest BCUT2D eigenvalue weighted by Crippen LogP contribution is 2.30. The third kappa shape index (κ3) is 3.69. The Hall–Kier alpha value is -1.80. The van der Waals surface area contributed by atoms with Crippen LogP contribution in [0.2, 0.25) is 0 Å². The lowest BCUT2D eigenvalue weighted by Crippen LogP contribution is -2.26. The second-order valence-electron chi connectivity index (χ2n) is 4.81. The summed E-state index contributed by atoms with van der Waals surface area (Å²) in [7, 11) is -3.94. The molecule has 0 aliphatic carbocycles. The number of nitrogens with one attached hydrogen (secondary N) is 1. The Kier molecular flexibility index (Phi) is 4.35. The van der Waals surface area contributed by atoms with Gasteiger partial charge in [0.05, 0.1) is 16.5 Å². The standard InChI is InChI=1S/C14H14F3NO3S/c1-9-3-8-13(21-9)10(2)18-22(19,20)12-6-4-11(5-7-12)14(15,16)17/h3-8,10,18H,1-2H3. The van der Waals surface area contributed by atoms with Crippen molar-refractivity contribution in [3.8, 4) is 0 Å². The average Bonchev–Trinajstić information content (AvgIpc) is 2.84. The predicted molar refractivity (Wildman–Crippen MR) is 73.6 cm³/mol. The van der Waals surface area contributed by atoms with Gasteiger partial charge in [-0.2, -0.15) is 13.2 Å². The van der Waals surface area contributed by atoms with Crippen molar-refractivity contribution < 1.29 is 26.0 Å². The molecule has 0 bridgehead atoms. The van der Waals surface area contributed by atoms with Crippen LogP contribution in [0, 0.1) is 6.92 Å². The van der Waals surface area contributed by atoms with Crippen LogP contribution in [0.25, 0.3) is 0 Å². The molecule has 0 aliphatic rings. The fraction of sp³-hybridized carbons (Fsp3) is 0.286. The molecule has 22 heavy (non-hydrogen) atoms. The molecule has 1 unspecified atom stereocenters. The maximum absolute atomic E-state index is 12.5. The molecular weight excluding hydrogens is 319 g/mol. The van der Waals surface area contributed by atoms with Crippen LogP contribution in [0.3, 0.4) is 0 Å². The van der Waals surface area contributed by atoms with E-state index < -0.39 is 27.8 Å². The Morgan fingerprint density at radius 1 is 1.09 bits per heavy atom. The van der Waals surface area contributed by atoms with Gasteiger partial charge in [-0.15, -0.1) is 0 Å². The van der Waals surface area contributed by atoms with Gasteiger partial charge in [-0.1, -0.05) is 0 Å². The molecule has 1 heterocycles. The number of halogens is 3. The van der Waals surface area contributed by atoms with Gasteiger partial charge in [0.1, 0.15) is 11.5 Å². The molecular formula is C14H14F3NO3S. The van der Waals surface area contributed by atoms with Gasteiger partial charge in [0.2, 0.25) is 10.0 Å². The zero-order valence-electron chi connectivity index (χ0n) is 11.8. The Morgan fingerprint density at radius 3 is 2.14 bits per heavy atom. The molecule has 0 saturated heterocycles. The van der Waals surface area contributed by atoms with Gasteiger partial charge in [-0.25, -0.2) is 13.1 Å². The number of furan rings is 1. The molecule has 1 N–H and O–H groups in total. The van der Waals surface area contributed by atoms with Crippen LogP contribution in [-0.2, 0) is 16.2 Å². The van der Waals surface area contributed by atoms with Crippen molar-refractivity contribution >= 4 is 10.0 Å². The highest BCUT2D eigenvalue weighted by Gasteiger charge is 2.30. The van der Waals surface area contributed by atoms with Crippen LogP contribution in [0.15, 0.2) is 45.7 Å². The van der Waals surface area contributed by atoms with Crippen molar-refractivity contribution in [2.24, 2.45) is 0 Å². The van der Waals surface area contributed by atoms with Crippen LogP contribution in [-0.4, -0.2) is 8.42 Å². The number of hydrogen-bond acceptors (Lipinski definition) is 3. The average molecular weight is 333 g/mol. The van der Waals surface area contributed by atoms with E-state index in [2.05, 4.69) is 4.72 Å². The number of aryl methyl sites for hydroxylation is 1. The first-order valence-electron chi connectivity index (χ1n) is 6.35. The number of sulfonamides is 1. The Balaban J connectivity index is 2.20. The molecule has 8 heteroatoms. The second kappa shape index (κ2) is 5.77. The largest absolute Gasteiger partial charge is 0.465 e. The first kappa shape index (κ1) is 16.6. The lowest BCUT2D eigenvalue weighted by Gasteiger charge is -2.13. The van der Waals surface area contributed by atoms with Crippen LogP contribution < -0.4 is 4.72 Å². The van der Waals surface area contributed by atoms with Crippen molar-refractivity contribution in [1.82, 2.24) is 4.72 Å². The number of benzene rings is 1. The van der Waals surface area contributed by atoms with Crippen molar-refractivity contribution in [1.29, 1.82) is 0 Å². The number of alkyl halides is 3. The fourth-order valence-electron chi connectivity index (χ4n) is 1.87. The monoisotopic (exact) mass is 333 g/mol. The maximum Gasteiger partial charge on any atom is 0.416 e. The molecule has 0 radical (unpaired) electrons. The minimum Gasteiger partial charge on any atom is -0.465 e. The van der Waals surface area contributed by atoms with Crippen molar-refractivity contribution in [2.45, 2.75) is 31.0 Å². The summed E-state index contributed by atoms with van der Waals surface area (Å²) < 4.78 is 69.4. The third-order valence-electron chi connectivity index (χ3n) is 3.01. The summed E-state index contributed by atoms with van der Waals surface area (Å²) in [5, 5.41) is 0. The molecule has 0 amide bonds. The summed E-state index contributed by atoms with van der Waals surface area (Å²) in [6.07, 6.45) is -4.51. The lowest BCUT2D eigenvalue weighted by molar-refractivity contribution is -0.137. The van der Waals surface area contributed by atoms with E-state index in [0.29, 0.717) is 11.5 Å². The summed E-state index contributed by atoms with van der Waals surface area (Å²) in [6.45, 7) is 3.31. The normalized spacial score (nSPS) is 14.0. The molecule has 2 rings (SSSR count). The molecule has 1 aromatic heterocycles. The smallest absolute Gasteiger partial charge is 0.416 e. The van der Waals surface area contributed by atoms with Crippen molar-refractivity contribution in [3.05, 3.63) is 53.5 Å². The van der Waals surface area contributed by atoms with Gasteiger partial charge in [0, 0.05) is 0 Å². The van der Waals surface area contributed by atoms with Gasteiger partial charge >= 0.3 is 6.18 Å². The topological polar surface area (TPSA) is 59.3 Å². The molecule has 120 valence electrons. The highest BCUT2D eigenvalue weighted by atomic mass is 32.2. The number of hydrogen-bond donors (Lipinski definition) is 1. The first-order valence-corrected chi connectivity index (χ1v) is 7.84. The van der Waals surface area contributed by atoms with E-state index >= 15 is 0 Å². The molecule has 0 saturated carbocycles. The molecule has 1 aromatic carbocycles. The molecule has 4 nitrogen and oxygen atoms in total. The summed E-state index contributed by atoms with van der Waals surface area (Å²) in [5.41, 5.74) is -0.902. The van der Waals surface area contributed by atoms with E-state index in [4.69, 9.17) is 4.42 Å². The minimum atomic E-state index is -4.51. The van der Waals surface area contributed by atoms with E-state index in [9.17, 15) is 21.6 Å². The predicted octanol–water partition coefficient (Wildman–Crippen LogP) is 3.65. The zero-order valence-corrected chi connectivity index (χ0v) is 12.6. The molecule has 0 fully saturated rings. The second-order valence-corrected chi connectivity index (χ2v) is 6.53. The molecule has 2 aromatic rings. The lowest BCUT2D eigenvalue weighted by atomic mass is 10.2. The van der Waals surface area contributed by atoms with E-state index in [1.165, 1.54) is 0 Å². The van der Waals surface area contributed by atoms with Crippen molar-refractivity contribution in [2.75, 3.05) is 0 Å². The highest BCUT2D eigenvalue weighted by molar-refractivity contribution is 7.89. The van der Waals surface area contributed by atoms with Gasteiger partial charge in [-0.05, 0) is 50.2 Å². The number of rotatable bonds is 4. The molecule has 0 aliphatic heterocycles. The first-order chi connectivity index (χ1) is 10.1. The van der Waals surface area contributed by atoms with E-state index in [0.717, 1.165) is 24.3 Å². The van der Waals surface area contributed by atoms with Gasteiger partial charge in [0.25, 0.3) is 0 Å². The van der Waals surface area contributed by atoms with E-state index in [1.807, 2.05) is 0 Å². The van der Waals surface area contributed by atoms with Crippen LogP contribution in [0.4, 0.5) is 13.2 Å². The Morgan fingerprint density at radius 2 is 1.68 bits per heavy atom. The SMILES string of the molecule is Cc1ccc(C(C)NS(=O)(=O)c2ccc(C(F)(F)F)cc2)o1. The quantitative estimate of drug-likeness (QED) is 0.929. The van der Waals surface area contributed by atoms with E-state index in [-0.39, 0.29) is 4.90 Å². The van der Waals surface area contributed by atoms with E-state index in [1.54, 1.807) is 26.0 Å². The van der Waals surface area contributed by atoms with Gasteiger partial charge in [0.15, 0.2) is 0 Å². The third-order valence-corrected chi connectivity index (χ3v) is 4.57. The zero-order chi connectivity index (χ0) is 16.5. The molecule has 0 spiro atoms. The molecule has 1 atom stereocenters. The van der Waals surface area contributed by atoms with Gasteiger partial charge in [-0.3, -0.25) is 0 Å². The summed E-state index contributed by atoms with van der Waals surface area (Å²) in [5.74, 6) is 1.06. The maximum atomic E-state index is 12.5. The summed E-state index contributed by atoms with van der Waals surface area (Å²) >= 11 is 0. The van der Waals surface area contributed by atoms with Crippen LogP contribution >= 0.6 is 0 Å². The van der Waals surface area contributed by atoms with Gasteiger partial charge < -0.3 is 4.42 Å². The fourth-order valence-corrected chi connectivity index (χ4v) is 3.08. The summed E-state index contributed by atoms with van der Waals surface area (Å²) in [6, 6.07) is 6.00. The minimum absolute atomic E-state index is 0.240.